The molecule has 1 aliphatic heterocycles. The number of piperidine rings is 1. The van der Waals surface area contributed by atoms with Gasteiger partial charge in [0.15, 0.2) is 11.6 Å². The number of hydrogen-bond donors (Lipinski definition) is 1. The molecule has 6 heteroatoms. The maximum Gasteiger partial charge on any atom is 0.226 e. The molecule has 1 saturated heterocycles. The molecule has 1 heterocycles. The summed E-state index contributed by atoms with van der Waals surface area (Å²) in [5.74, 6) is -1.06. The molecule has 23 heavy (non-hydrogen) atoms. The van der Waals surface area contributed by atoms with Crippen LogP contribution >= 0.6 is 12.4 Å². The summed E-state index contributed by atoms with van der Waals surface area (Å²) >= 11 is 0. The highest BCUT2D eigenvalue weighted by Gasteiger charge is 2.47. The van der Waals surface area contributed by atoms with Crippen LogP contribution in [0.3, 0.4) is 0 Å². The van der Waals surface area contributed by atoms with Crippen LogP contribution in [0.1, 0.15) is 37.7 Å². The Morgan fingerprint density at radius 1 is 1.30 bits per heavy atom. The van der Waals surface area contributed by atoms with Gasteiger partial charge in [-0.15, -0.1) is 12.4 Å². The average Bonchev–Trinajstić information content (AvgIpc) is 3.29. The zero-order valence-electron chi connectivity index (χ0n) is 13.2. The van der Waals surface area contributed by atoms with Crippen molar-refractivity contribution in [3.8, 4) is 0 Å². The molecule has 3 rings (SSSR count). The number of rotatable bonds is 3. The summed E-state index contributed by atoms with van der Waals surface area (Å²) in [6, 6.07) is 4.04. The summed E-state index contributed by atoms with van der Waals surface area (Å²) in [6.07, 6.45) is 2.67. The molecule has 1 saturated carbocycles. The smallest absolute Gasteiger partial charge is 0.226 e. The summed E-state index contributed by atoms with van der Waals surface area (Å²) in [5.41, 5.74) is 6.53. The van der Waals surface area contributed by atoms with Crippen molar-refractivity contribution in [2.75, 3.05) is 13.1 Å². The van der Waals surface area contributed by atoms with Gasteiger partial charge in [0.2, 0.25) is 5.91 Å². The monoisotopic (exact) mass is 344 g/mol. The lowest BCUT2D eigenvalue weighted by Gasteiger charge is -2.38. The zero-order valence-corrected chi connectivity index (χ0v) is 14.0. The van der Waals surface area contributed by atoms with E-state index in [9.17, 15) is 13.6 Å². The number of benzene rings is 1. The molecule has 1 aliphatic carbocycles. The number of nitrogens with zero attached hydrogens (tertiary/aromatic N) is 1. The number of nitrogens with two attached hydrogens (primary N) is 1. The molecule has 4 unspecified atom stereocenters. The first kappa shape index (κ1) is 18.1. The number of carbonyl (C=O) groups is 1. The van der Waals surface area contributed by atoms with E-state index in [2.05, 4.69) is 6.92 Å². The van der Waals surface area contributed by atoms with Crippen molar-refractivity contribution in [2.24, 2.45) is 17.6 Å². The third kappa shape index (κ3) is 3.66. The second kappa shape index (κ2) is 7.14. The maximum absolute atomic E-state index is 13.3. The molecule has 4 atom stereocenters. The molecule has 0 spiro atoms. The van der Waals surface area contributed by atoms with Crippen LogP contribution in [0.15, 0.2) is 18.2 Å². The van der Waals surface area contributed by atoms with Gasteiger partial charge in [0, 0.05) is 25.0 Å². The number of hydrogen-bond acceptors (Lipinski definition) is 2. The summed E-state index contributed by atoms with van der Waals surface area (Å²) in [4.78, 5) is 14.6. The Kier molecular flexibility index (Phi) is 5.63. The highest BCUT2D eigenvalue weighted by atomic mass is 35.5. The van der Waals surface area contributed by atoms with Crippen LogP contribution in [0.25, 0.3) is 0 Å². The van der Waals surface area contributed by atoms with Crippen LogP contribution in [0.4, 0.5) is 8.78 Å². The first-order valence-corrected chi connectivity index (χ1v) is 7.96. The Labute approximate surface area is 141 Å². The molecule has 1 aromatic rings. The van der Waals surface area contributed by atoms with Gasteiger partial charge >= 0.3 is 0 Å². The highest BCUT2D eigenvalue weighted by Crippen LogP contribution is 2.49. The highest BCUT2D eigenvalue weighted by molar-refractivity contribution is 5.85. The summed E-state index contributed by atoms with van der Waals surface area (Å²) < 4.78 is 26.3. The lowest BCUT2D eigenvalue weighted by Crippen LogP contribution is -2.49. The molecule has 3 nitrogen and oxygen atoms in total. The minimum atomic E-state index is -0.847. The SMILES string of the molecule is CC1CCN(C(=O)C2CC2c2ccc(F)c(F)c2)C(CN)C1.Cl. The van der Waals surface area contributed by atoms with Crippen LogP contribution in [0.5, 0.6) is 0 Å². The van der Waals surface area contributed by atoms with E-state index < -0.39 is 11.6 Å². The van der Waals surface area contributed by atoms with Gasteiger partial charge in [0.05, 0.1) is 0 Å². The summed E-state index contributed by atoms with van der Waals surface area (Å²) in [5, 5.41) is 0. The van der Waals surface area contributed by atoms with E-state index in [1.165, 1.54) is 6.07 Å². The van der Waals surface area contributed by atoms with Crippen LogP contribution < -0.4 is 5.73 Å². The fourth-order valence-electron chi connectivity index (χ4n) is 3.56. The third-order valence-corrected chi connectivity index (χ3v) is 5.01. The zero-order chi connectivity index (χ0) is 15.9. The largest absolute Gasteiger partial charge is 0.338 e. The van der Waals surface area contributed by atoms with Gasteiger partial charge in [0.25, 0.3) is 0 Å². The Morgan fingerprint density at radius 2 is 2.04 bits per heavy atom. The molecular weight excluding hydrogens is 322 g/mol. The van der Waals surface area contributed by atoms with Gasteiger partial charge in [-0.1, -0.05) is 13.0 Å². The second-order valence-corrected chi connectivity index (χ2v) is 6.67. The van der Waals surface area contributed by atoms with Crippen molar-refractivity contribution in [1.29, 1.82) is 0 Å². The van der Waals surface area contributed by atoms with Crippen molar-refractivity contribution in [3.05, 3.63) is 35.4 Å². The number of halogens is 3. The predicted molar refractivity (Wildman–Crippen MR) is 87.4 cm³/mol. The number of likely N-dealkylation sites (tertiary alicyclic amines) is 1. The molecule has 2 N–H and O–H groups in total. The standard InChI is InChI=1S/C17H22F2N2O.ClH/c1-10-4-5-21(12(6-10)9-20)17(22)14-8-13(14)11-2-3-15(18)16(19)7-11;/h2-3,7,10,12-14H,4-6,8-9,20H2,1H3;1H. The lowest BCUT2D eigenvalue weighted by molar-refractivity contribution is -0.136. The van der Waals surface area contributed by atoms with Crippen LogP contribution in [0.2, 0.25) is 0 Å². The molecular formula is C17H23ClF2N2O. The van der Waals surface area contributed by atoms with Crippen molar-refractivity contribution < 1.29 is 13.6 Å². The molecule has 128 valence electrons. The maximum atomic E-state index is 13.3. The Morgan fingerprint density at radius 3 is 2.70 bits per heavy atom. The average molecular weight is 345 g/mol. The Balaban J connectivity index is 0.00000192. The topological polar surface area (TPSA) is 46.3 Å². The molecule has 0 bridgehead atoms. The van der Waals surface area contributed by atoms with Gasteiger partial charge in [-0.3, -0.25) is 4.79 Å². The Hall–Kier alpha value is -1.20. The van der Waals surface area contributed by atoms with E-state index in [0.29, 0.717) is 24.4 Å². The molecule has 0 aromatic heterocycles. The van der Waals surface area contributed by atoms with Crippen LogP contribution in [-0.4, -0.2) is 29.9 Å². The molecule has 1 amide bonds. The van der Waals surface area contributed by atoms with Gasteiger partial charge in [-0.2, -0.15) is 0 Å². The quantitative estimate of drug-likeness (QED) is 0.916. The fraction of sp³-hybridized carbons (Fsp3) is 0.588. The fourth-order valence-corrected chi connectivity index (χ4v) is 3.56. The molecule has 0 radical (unpaired) electrons. The van der Waals surface area contributed by atoms with E-state index >= 15 is 0 Å². The van der Waals surface area contributed by atoms with Crippen LogP contribution in [-0.2, 0) is 4.79 Å². The predicted octanol–water partition coefficient (Wildman–Crippen LogP) is 3.08. The van der Waals surface area contributed by atoms with Crippen molar-refractivity contribution >= 4 is 18.3 Å². The van der Waals surface area contributed by atoms with E-state index in [1.54, 1.807) is 6.07 Å². The third-order valence-electron chi connectivity index (χ3n) is 5.01. The summed E-state index contributed by atoms with van der Waals surface area (Å²) in [7, 11) is 0. The van der Waals surface area contributed by atoms with Gasteiger partial charge in [0.1, 0.15) is 0 Å². The minimum absolute atomic E-state index is 0. The van der Waals surface area contributed by atoms with E-state index in [0.717, 1.165) is 25.5 Å². The van der Waals surface area contributed by atoms with E-state index in [-0.39, 0.29) is 36.2 Å². The van der Waals surface area contributed by atoms with Crippen molar-refractivity contribution in [1.82, 2.24) is 4.90 Å². The first-order valence-electron chi connectivity index (χ1n) is 7.96. The summed E-state index contributed by atoms with van der Waals surface area (Å²) in [6.45, 7) is 3.42. The van der Waals surface area contributed by atoms with E-state index in [4.69, 9.17) is 5.73 Å². The van der Waals surface area contributed by atoms with Gasteiger partial charge in [-0.05, 0) is 48.8 Å². The molecule has 2 fully saturated rings. The normalized spacial score (nSPS) is 29.8. The molecule has 1 aromatic carbocycles. The number of carbonyl (C=O) groups excluding carboxylic acids is 1. The van der Waals surface area contributed by atoms with E-state index in [1.807, 2.05) is 4.90 Å². The lowest BCUT2D eigenvalue weighted by atomic mass is 9.92. The van der Waals surface area contributed by atoms with Gasteiger partial charge in [-0.25, -0.2) is 8.78 Å². The Bertz CT molecular complexity index is 584. The first-order chi connectivity index (χ1) is 10.5. The number of amides is 1. The van der Waals surface area contributed by atoms with Gasteiger partial charge < -0.3 is 10.6 Å². The van der Waals surface area contributed by atoms with Crippen molar-refractivity contribution in [2.45, 2.75) is 38.1 Å². The molecule has 2 aliphatic rings. The minimum Gasteiger partial charge on any atom is -0.338 e. The van der Waals surface area contributed by atoms with Crippen LogP contribution in [0, 0.1) is 23.5 Å². The second-order valence-electron chi connectivity index (χ2n) is 6.67. The van der Waals surface area contributed by atoms with Crippen molar-refractivity contribution in [3.63, 3.8) is 0 Å².